The van der Waals surface area contributed by atoms with Crippen LogP contribution in [0.2, 0.25) is 0 Å². The number of fused-ring (bicyclic) bond motifs is 1. The van der Waals surface area contributed by atoms with Crippen LogP contribution in [0, 0.1) is 5.92 Å². The molecule has 0 aliphatic heterocycles. The Hall–Kier alpha value is -2.17. The molecular weight excluding hydrogens is 278 g/mol. The van der Waals surface area contributed by atoms with E-state index in [0.717, 1.165) is 24.6 Å². The lowest BCUT2D eigenvalue weighted by molar-refractivity contribution is -0.123. The van der Waals surface area contributed by atoms with E-state index in [1.165, 1.54) is 11.1 Å². The number of nitrogens with zero attached hydrogens (tertiary/aromatic N) is 2. The zero-order valence-electron chi connectivity index (χ0n) is 12.8. The predicted molar refractivity (Wildman–Crippen MR) is 85.6 cm³/mol. The first-order valence-corrected chi connectivity index (χ1v) is 7.89. The minimum Gasteiger partial charge on any atom is -0.351 e. The Labute approximate surface area is 129 Å². The van der Waals surface area contributed by atoms with Crippen LogP contribution in [0.4, 0.5) is 0 Å². The maximum absolute atomic E-state index is 12.3. The summed E-state index contributed by atoms with van der Waals surface area (Å²) in [6.45, 7) is 2.15. The summed E-state index contributed by atoms with van der Waals surface area (Å²) < 4.78 is 1.24. The summed E-state index contributed by atoms with van der Waals surface area (Å²) in [5.41, 5.74) is -0.218. The van der Waals surface area contributed by atoms with Gasteiger partial charge >= 0.3 is 0 Å². The van der Waals surface area contributed by atoms with E-state index in [4.69, 9.17) is 0 Å². The van der Waals surface area contributed by atoms with Gasteiger partial charge in [0.1, 0.15) is 6.54 Å². The van der Waals surface area contributed by atoms with Gasteiger partial charge in [-0.15, -0.1) is 0 Å². The smallest absolute Gasteiger partial charge is 0.275 e. The Balaban J connectivity index is 1.74. The van der Waals surface area contributed by atoms with E-state index in [1.807, 2.05) is 18.2 Å². The lowest BCUT2D eigenvalue weighted by Gasteiger charge is -2.29. The molecule has 5 heteroatoms. The van der Waals surface area contributed by atoms with Crippen molar-refractivity contribution in [3.8, 4) is 0 Å². The van der Waals surface area contributed by atoms with Gasteiger partial charge in [-0.25, -0.2) is 4.68 Å². The summed E-state index contributed by atoms with van der Waals surface area (Å²) in [6, 6.07) is 7.51. The quantitative estimate of drug-likeness (QED) is 0.944. The summed E-state index contributed by atoms with van der Waals surface area (Å²) >= 11 is 0. The molecule has 0 bridgehead atoms. The number of benzene rings is 1. The molecule has 3 rings (SSSR count). The molecule has 1 amide bonds. The third-order valence-electron chi connectivity index (χ3n) is 4.51. The van der Waals surface area contributed by atoms with Crippen molar-refractivity contribution in [1.29, 1.82) is 0 Å². The first-order chi connectivity index (χ1) is 10.6. The fourth-order valence-corrected chi connectivity index (χ4v) is 3.16. The van der Waals surface area contributed by atoms with Crippen LogP contribution in [0.15, 0.2) is 35.3 Å². The number of rotatable bonds is 3. The maximum atomic E-state index is 12.3. The molecule has 116 valence electrons. The molecule has 0 saturated heterocycles. The molecule has 22 heavy (non-hydrogen) atoms. The van der Waals surface area contributed by atoms with Crippen molar-refractivity contribution in [3.63, 3.8) is 0 Å². The standard InChI is InChI=1S/C17H21N3O2/c1-12-6-2-5-9-15(12)19-16(21)11-20-17(22)14-8-4-3-7-13(14)10-18-20/h3-4,7-8,10,12,15H,2,5-6,9,11H2,1H3,(H,19,21)/t12-,15-/m1/s1. The number of hydrogen-bond donors (Lipinski definition) is 1. The van der Waals surface area contributed by atoms with Crippen molar-refractivity contribution in [2.75, 3.05) is 0 Å². The molecule has 2 aromatic rings. The van der Waals surface area contributed by atoms with E-state index in [0.29, 0.717) is 11.3 Å². The summed E-state index contributed by atoms with van der Waals surface area (Å²) in [4.78, 5) is 24.5. The van der Waals surface area contributed by atoms with Crippen LogP contribution < -0.4 is 10.9 Å². The highest BCUT2D eigenvalue weighted by Gasteiger charge is 2.23. The number of aromatic nitrogens is 2. The number of amides is 1. The van der Waals surface area contributed by atoms with Crippen molar-refractivity contribution in [3.05, 3.63) is 40.8 Å². The second kappa shape index (κ2) is 6.30. The van der Waals surface area contributed by atoms with Crippen molar-refractivity contribution in [1.82, 2.24) is 15.1 Å². The number of carbonyl (C=O) groups is 1. The highest BCUT2D eigenvalue weighted by Crippen LogP contribution is 2.23. The van der Waals surface area contributed by atoms with E-state index >= 15 is 0 Å². The normalized spacial score (nSPS) is 21.7. The highest BCUT2D eigenvalue weighted by molar-refractivity contribution is 5.81. The van der Waals surface area contributed by atoms with Gasteiger partial charge in [-0.2, -0.15) is 5.10 Å². The second-order valence-electron chi connectivity index (χ2n) is 6.13. The number of hydrogen-bond acceptors (Lipinski definition) is 3. The first-order valence-electron chi connectivity index (χ1n) is 7.89. The molecule has 2 atom stereocenters. The fraction of sp³-hybridized carbons (Fsp3) is 0.471. The van der Waals surface area contributed by atoms with E-state index in [2.05, 4.69) is 17.3 Å². The molecule has 1 saturated carbocycles. The molecule has 5 nitrogen and oxygen atoms in total. The van der Waals surface area contributed by atoms with Crippen LogP contribution in [0.25, 0.3) is 10.8 Å². The molecule has 1 fully saturated rings. The van der Waals surface area contributed by atoms with Gasteiger partial charge < -0.3 is 5.32 Å². The molecule has 0 unspecified atom stereocenters. The average molecular weight is 299 g/mol. The van der Waals surface area contributed by atoms with Crippen LogP contribution in [-0.4, -0.2) is 21.7 Å². The van der Waals surface area contributed by atoms with Gasteiger partial charge in [-0.05, 0) is 24.8 Å². The topological polar surface area (TPSA) is 64.0 Å². The third-order valence-corrected chi connectivity index (χ3v) is 4.51. The Morgan fingerprint density at radius 2 is 2.09 bits per heavy atom. The summed E-state index contributed by atoms with van der Waals surface area (Å²) in [6.07, 6.45) is 6.20. The Morgan fingerprint density at radius 3 is 2.91 bits per heavy atom. The highest BCUT2D eigenvalue weighted by atomic mass is 16.2. The van der Waals surface area contributed by atoms with Crippen molar-refractivity contribution < 1.29 is 4.79 Å². The molecular formula is C17H21N3O2. The number of carbonyl (C=O) groups excluding carboxylic acids is 1. The predicted octanol–water partition coefficient (Wildman–Crippen LogP) is 2.09. The average Bonchev–Trinajstić information content (AvgIpc) is 2.53. The van der Waals surface area contributed by atoms with Gasteiger partial charge in [-0.3, -0.25) is 9.59 Å². The molecule has 1 aliphatic rings. The molecule has 1 aliphatic carbocycles. The zero-order valence-corrected chi connectivity index (χ0v) is 12.8. The monoisotopic (exact) mass is 299 g/mol. The van der Waals surface area contributed by atoms with Crippen LogP contribution in [-0.2, 0) is 11.3 Å². The number of nitrogens with one attached hydrogen (secondary N) is 1. The lowest BCUT2D eigenvalue weighted by Crippen LogP contribution is -2.43. The van der Waals surface area contributed by atoms with Gasteiger partial charge in [0.05, 0.1) is 11.6 Å². The minimum atomic E-state index is -0.218. The van der Waals surface area contributed by atoms with Crippen molar-refractivity contribution >= 4 is 16.7 Å². The third kappa shape index (κ3) is 3.03. The summed E-state index contributed by atoms with van der Waals surface area (Å²) in [7, 11) is 0. The Kier molecular flexibility index (Phi) is 4.22. The fourth-order valence-electron chi connectivity index (χ4n) is 3.16. The molecule has 1 aromatic heterocycles. The molecule has 1 N–H and O–H groups in total. The van der Waals surface area contributed by atoms with Crippen LogP contribution in [0.3, 0.4) is 0 Å². The molecule has 1 heterocycles. The van der Waals surface area contributed by atoms with E-state index in [1.54, 1.807) is 12.3 Å². The Morgan fingerprint density at radius 1 is 1.32 bits per heavy atom. The van der Waals surface area contributed by atoms with Crippen LogP contribution >= 0.6 is 0 Å². The summed E-state index contributed by atoms with van der Waals surface area (Å²) in [5.74, 6) is 0.364. The largest absolute Gasteiger partial charge is 0.351 e. The van der Waals surface area contributed by atoms with Crippen LogP contribution in [0.5, 0.6) is 0 Å². The zero-order chi connectivity index (χ0) is 15.5. The van der Waals surface area contributed by atoms with Gasteiger partial charge in [0.25, 0.3) is 5.56 Å². The minimum absolute atomic E-state index is 0.0209. The van der Waals surface area contributed by atoms with Gasteiger partial charge in [0.15, 0.2) is 0 Å². The molecule has 0 radical (unpaired) electrons. The summed E-state index contributed by atoms with van der Waals surface area (Å²) in [5, 5.41) is 8.55. The van der Waals surface area contributed by atoms with Crippen LogP contribution in [0.1, 0.15) is 32.6 Å². The van der Waals surface area contributed by atoms with Crippen molar-refractivity contribution in [2.45, 2.75) is 45.2 Å². The van der Waals surface area contributed by atoms with Gasteiger partial charge in [0, 0.05) is 11.4 Å². The Bertz CT molecular complexity index is 738. The van der Waals surface area contributed by atoms with Crippen molar-refractivity contribution in [2.24, 2.45) is 5.92 Å². The van der Waals surface area contributed by atoms with E-state index in [9.17, 15) is 9.59 Å². The molecule has 0 spiro atoms. The SMILES string of the molecule is C[C@@H]1CCCC[C@H]1NC(=O)Cn1ncc2ccccc2c1=O. The van der Waals surface area contributed by atoms with Gasteiger partial charge in [-0.1, -0.05) is 38.0 Å². The van der Waals surface area contributed by atoms with E-state index in [-0.39, 0.29) is 24.1 Å². The first kappa shape index (κ1) is 14.8. The molecule has 1 aromatic carbocycles. The lowest BCUT2D eigenvalue weighted by atomic mass is 9.86. The van der Waals surface area contributed by atoms with Gasteiger partial charge in [0.2, 0.25) is 5.91 Å². The second-order valence-corrected chi connectivity index (χ2v) is 6.13. The maximum Gasteiger partial charge on any atom is 0.275 e. The van der Waals surface area contributed by atoms with E-state index < -0.39 is 0 Å².